The quantitative estimate of drug-likeness (QED) is 0.709. The van der Waals surface area contributed by atoms with Crippen molar-refractivity contribution in [3.05, 3.63) is 0 Å². The molecular weight excluding hydrogens is 202 g/mol. The summed E-state index contributed by atoms with van der Waals surface area (Å²) in [5, 5.41) is 13.2. The van der Waals surface area contributed by atoms with E-state index in [0.717, 1.165) is 29.7 Å². The van der Waals surface area contributed by atoms with Gasteiger partial charge in [-0.15, -0.1) is 0 Å². The Labute approximate surface area is 97.6 Å². The lowest BCUT2D eigenvalue weighted by atomic mass is 10.0. The van der Waals surface area contributed by atoms with E-state index in [-0.39, 0.29) is 6.10 Å². The third kappa shape index (κ3) is 1.79. The first kappa shape index (κ1) is 11.0. The molecule has 3 fully saturated rings. The van der Waals surface area contributed by atoms with Gasteiger partial charge in [-0.25, -0.2) is 0 Å². The molecule has 3 rings (SSSR count). The first-order valence-corrected chi connectivity index (χ1v) is 6.80. The maximum Gasteiger partial charge on any atom is 0.0897 e. The highest BCUT2D eigenvalue weighted by molar-refractivity contribution is 5.16. The fourth-order valence-corrected chi connectivity index (χ4v) is 4.18. The van der Waals surface area contributed by atoms with Gasteiger partial charge in [0.1, 0.15) is 0 Å². The molecule has 5 unspecified atom stereocenters. The molecule has 0 amide bonds. The zero-order valence-electron chi connectivity index (χ0n) is 10.1. The van der Waals surface area contributed by atoms with Gasteiger partial charge in [0, 0.05) is 19.2 Å². The van der Waals surface area contributed by atoms with Gasteiger partial charge in [0.05, 0.1) is 12.7 Å². The van der Waals surface area contributed by atoms with E-state index in [2.05, 4.69) is 5.32 Å². The smallest absolute Gasteiger partial charge is 0.0897 e. The van der Waals surface area contributed by atoms with Crippen molar-refractivity contribution in [2.45, 2.75) is 38.3 Å². The molecule has 0 aromatic heterocycles. The van der Waals surface area contributed by atoms with Crippen LogP contribution in [0.2, 0.25) is 0 Å². The van der Waals surface area contributed by atoms with Gasteiger partial charge < -0.3 is 15.2 Å². The molecule has 3 nitrogen and oxygen atoms in total. The molecule has 0 aliphatic heterocycles. The highest BCUT2D eigenvalue weighted by Crippen LogP contribution is 2.65. The van der Waals surface area contributed by atoms with Gasteiger partial charge in [0.25, 0.3) is 0 Å². The molecule has 5 atom stereocenters. The number of hydrogen-bond acceptors (Lipinski definition) is 3. The second kappa shape index (κ2) is 4.28. The first-order valence-electron chi connectivity index (χ1n) is 6.80. The predicted molar refractivity (Wildman–Crippen MR) is 62.1 cm³/mol. The summed E-state index contributed by atoms with van der Waals surface area (Å²) in [6, 6.07) is 0.725. The SMILES string of the molecule is CCOCC(O)CNC1C2C3CCC(C3)C12. The van der Waals surface area contributed by atoms with Crippen LogP contribution in [-0.2, 0) is 4.74 Å². The zero-order valence-corrected chi connectivity index (χ0v) is 10.1. The number of ether oxygens (including phenoxy) is 1. The standard InChI is InChI=1S/C13H23NO2/c1-2-16-7-10(15)6-14-13-11-8-3-4-9(5-8)12(11)13/h8-15H,2-7H2,1H3. The van der Waals surface area contributed by atoms with E-state index in [0.29, 0.717) is 19.8 Å². The van der Waals surface area contributed by atoms with E-state index in [4.69, 9.17) is 4.74 Å². The minimum absolute atomic E-state index is 0.334. The van der Waals surface area contributed by atoms with Crippen molar-refractivity contribution in [1.29, 1.82) is 0 Å². The van der Waals surface area contributed by atoms with Crippen molar-refractivity contribution < 1.29 is 9.84 Å². The van der Waals surface area contributed by atoms with Gasteiger partial charge in [-0.2, -0.15) is 0 Å². The molecule has 0 aromatic rings. The van der Waals surface area contributed by atoms with Gasteiger partial charge in [-0.3, -0.25) is 0 Å². The molecule has 92 valence electrons. The molecule has 2 N–H and O–H groups in total. The lowest BCUT2D eigenvalue weighted by Crippen LogP contribution is -2.34. The number of rotatable bonds is 6. The third-order valence-electron chi connectivity index (χ3n) is 4.84. The molecule has 0 saturated heterocycles. The van der Waals surface area contributed by atoms with E-state index >= 15 is 0 Å². The molecule has 0 heterocycles. The molecule has 0 spiro atoms. The van der Waals surface area contributed by atoms with Crippen molar-refractivity contribution in [3.63, 3.8) is 0 Å². The zero-order chi connectivity index (χ0) is 11.1. The maximum atomic E-state index is 9.68. The Bertz CT molecular complexity index is 242. The number of fused-ring (bicyclic) bond motifs is 5. The lowest BCUT2D eigenvalue weighted by Gasteiger charge is -2.14. The number of nitrogens with one attached hydrogen (secondary N) is 1. The fourth-order valence-electron chi connectivity index (χ4n) is 4.18. The molecule has 16 heavy (non-hydrogen) atoms. The van der Waals surface area contributed by atoms with Gasteiger partial charge in [-0.05, 0) is 49.9 Å². The fraction of sp³-hybridized carbons (Fsp3) is 1.00. The van der Waals surface area contributed by atoms with Crippen LogP contribution < -0.4 is 5.32 Å². The third-order valence-corrected chi connectivity index (χ3v) is 4.84. The average Bonchev–Trinajstić information content (AvgIpc) is 2.69. The maximum absolute atomic E-state index is 9.68. The van der Waals surface area contributed by atoms with Crippen LogP contribution in [0.3, 0.4) is 0 Å². The summed E-state index contributed by atoms with van der Waals surface area (Å²) in [5.41, 5.74) is 0. The highest BCUT2D eigenvalue weighted by atomic mass is 16.5. The Morgan fingerprint density at radius 1 is 1.31 bits per heavy atom. The van der Waals surface area contributed by atoms with Crippen molar-refractivity contribution in [2.75, 3.05) is 19.8 Å². The minimum atomic E-state index is -0.334. The molecule has 3 heteroatoms. The Morgan fingerprint density at radius 2 is 2.00 bits per heavy atom. The molecular formula is C13H23NO2. The molecule has 3 aliphatic carbocycles. The Balaban J connectivity index is 1.39. The summed E-state index contributed by atoms with van der Waals surface area (Å²) in [6.07, 6.45) is 4.09. The number of aliphatic hydroxyl groups is 1. The van der Waals surface area contributed by atoms with Crippen LogP contribution in [-0.4, -0.2) is 37.0 Å². The summed E-state index contributed by atoms with van der Waals surface area (Å²) >= 11 is 0. The van der Waals surface area contributed by atoms with E-state index in [1.54, 1.807) is 0 Å². The van der Waals surface area contributed by atoms with Crippen molar-refractivity contribution in [3.8, 4) is 0 Å². The van der Waals surface area contributed by atoms with E-state index in [1.165, 1.54) is 19.3 Å². The molecule has 0 radical (unpaired) electrons. The molecule has 2 bridgehead atoms. The molecule has 3 saturated carbocycles. The summed E-state index contributed by atoms with van der Waals surface area (Å²) in [5.74, 6) is 3.93. The molecule has 3 aliphatic rings. The van der Waals surface area contributed by atoms with Gasteiger partial charge >= 0.3 is 0 Å². The summed E-state index contributed by atoms with van der Waals surface area (Å²) in [7, 11) is 0. The summed E-state index contributed by atoms with van der Waals surface area (Å²) in [4.78, 5) is 0. The van der Waals surface area contributed by atoms with Crippen LogP contribution in [0.5, 0.6) is 0 Å². The Hall–Kier alpha value is -0.120. The average molecular weight is 225 g/mol. The van der Waals surface area contributed by atoms with Crippen LogP contribution in [0.4, 0.5) is 0 Å². The van der Waals surface area contributed by atoms with Crippen LogP contribution >= 0.6 is 0 Å². The largest absolute Gasteiger partial charge is 0.389 e. The van der Waals surface area contributed by atoms with Gasteiger partial charge in [0.15, 0.2) is 0 Å². The minimum Gasteiger partial charge on any atom is -0.389 e. The Kier molecular flexibility index (Phi) is 2.94. The predicted octanol–water partition coefficient (Wildman–Crippen LogP) is 1.02. The monoisotopic (exact) mass is 225 g/mol. The summed E-state index contributed by atoms with van der Waals surface area (Å²) in [6.45, 7) is 3.83. The number of aliphatic hydroxyl groups excluding tert-OH is 1. The van der Waals surface area contributed by atoms with Crippen LogP contribution in [0.25, 0.3) is 0 Å². The van der Waals surface area contributed by atoms with Crippen LogP contribution in [0.1, 0.15) is 26.2 Å². The van der Waals surface area contributed by atoms with Crippen molar-refractivity contribution >= 4 is 0 Å². The summed E-state index contributed by atoms with van der Waals surface area (Å²) < 4.78 is 5.21. The Morgan fingerprint density at radius 3 is 2.62 bits per heavy atom. The van der Waals surface area contributed by atoms with E-state index in [9.17, 15) is 5.11 Å². The lowest BCUT2D eigenvalue weighted by molar-refractivity contribution is 0.0421. The second-order valence-electron chi connectivity index (χ2n) is 5.74. The highest BCUT2D eigenvalue weighted by Gasteiger charge is 2.64. The van der Waals surface area contributed by atoms with Gasteiger partial charge in [-0.1, -0.05) is 0 Å². The van der Waals surface area contributed by atoms with E-state index in [1.807, 2.05) is 6.92 Å². The van der Waals surface area contributed by atoms with Crippen LogP contribution in [0, 0.1) is 23.7 Å². The van der Waals surface area contributed by atoms with Crippen LogP contribution in [0.15, 0.2) is 0 Å². The first-order chi connectivity index (χ1) is 7.81. The topological polar surface area (TPSA) is 41.5 Å². The number of hydrogen-bond donors (Lipinski definition) is 2. The van der Waals surface area contributed by atoms with E-state index < -0.39 is 0 Å². The van der Waals surface area contributed by atoms with Crippen molar-refractivity contribution in [2.24, 2.45) is 23.7 Å². The normalized spacial score (nSPS) is 45.8. The van der Waals surface area contributed by atoms with Crippen molar-refractivity contribution in [1.82, 2.24) is 5.32 Å². The molecule has 0 aromatic carbocycles. The second-order valence-corrected chi connectivity index (χ2v) is 5.74. The van der Waals surface area contributed by atoms with Gasteiger partial charge in [0.2, 0.25) is 0 Å².